The summed E-state index contributed by atoms with van der Waals surface area (Å²) < 4.78 is 0. The van der Waals surface area contributed by atoms with Crippen molar-refractivity contribution in [2.75, 3.05) is 40.8 Å². The van der Waals surface area contributed by atoms with Gasteiger partial charge < -0.3 is 15.1 Å². The van der Waals surface area contributed by atoms with E-state index < -0.39 is 0 Å². The van der Waals surface area contributed by atoms with Gasteiger partial charge in [0.15, 0.2) is 0 Å². The zero-order valence-electron chi connectivity index (χ0n) is 12.9. The van der Waals surface area contributed by atoms with Crippen molar-refractivity contribution in [3.8, 4) is 0 Å². The first-order valence-electron chi connectivity index (χ1n) is 7.73. The maximum atomic E-state index is 3.70. The monoisotopic (exact) mass is 255 g/mol. The van der Waals surface area contributed by atoms with Gasteiger partial charge >= 0.3 is 0 Å². The average Bonchev–Trinajstić information content (AvgIpc) is 2.54. The molecule has 0 radical (unpaired) electrons. The summed E-state index contributed by atoms with van der Waals surface area (Å²) in [5.41, 5.74) is 0. The van der Waals surface area contributed by atoms with E-state index in [0.29, 0.717) is 6.04 Å². The summed E-state index contributed by atoms with van der Waals surface area (Å²) in [4.78, 5) is 4.88. The van der Waals surface area contributed by atoms with Crippen molar-refractivity contribution in [1.82, 2.24) is 15.1 Å². The number of nitrogens with zero attached hydrogens (tertiary/aromatic N) is 2. The minimum absolute atomic E-state index is 0.710. The highest BCUT2D eigenvalue weighted by molar-refractivity contribution is 4.85. The molecule has 2 unspecified atom stereocenters. The quantitative estimate of drug-likeness (QED) is 0.704. The van der Waals surface area contributed by atoms with E-state index >= 15 is 0 Å². The third kappa shape index (κ3) is 5.68. The molecule has 18 heavy (non-hydrogen) atoms. The largest absolute Gasteiger partial charge is 0.313 e. The zero-order valence-corrected chi connectivity index (χ0v) is 12.9. The van der Waals surface area contributed by atoms with Gasteiger partial charge in [-0.2, -0.15) is 0 Å². The Morgan fingerprint density at radius 3 is 2.39 bits per heavy atom. The summed E-state index contributed by atoms with van der Waals surface area (Å²) in [6.45, 7) is 5.76. The van der Waals surface area contributed by atoms with Crippen LogP contribution in [0.1, 0.15) is 45.4 Å². The van der Waals surface area contributed by atoms with Crippen LogP contribution in [0.4, 0.5) is 0 Å². The van der Waals surface area contributed by atoms with Crippen LogP contribution in [0, 0.1) is 0 Å². The Balaban J connectivity index is 2.41. The van der Waals surface area contributed by atoms with Crippen molar-refractivity contribution in [2.45, 2.75) is 57.5 Å². The van der Waals surface area contributed by atoms with E-state index in [2.05, 4.69) is 43.2 Å². The number of rotatable bonds is 7. The first-order valence-corrected chi connectivity index (χ1v) is 7.73. The molecule has 108 valence electrons. The van der Waals surface area contributed by atoms with E-state index in [4.69, 9.17) is 0 Å². The van der Waals surface area contributed by atoms with Crippen molar-refractivity contribution in [3.05, 3.63) is 0 Å². The molecule has 1 aliphatic rings. The lowest BCUT2D eigenvalue weighted by Crippen LogP contribution is -2.48. The van der Waals surface area contributed by atoms with Gasteiger partial charge in [0, 0.05) is 12.1 Å². The van der Waals surface area contributed by atoms with Gasteiger partial charge in [0.2, 0.25) is 0 Å². The summed E-state index contributed by atoms with van der Waals surface area (Å²) in [7, 11) is 6.64. The Hall–Kier alpha value is -0.120. The lowest BCUT2D eigenvalue weighted by molar-refractivity contribution is 0.176. The Morgan fingerprint density at radius 2 is 1.72 bits per heavy atom. The minimum Gasteiger partial charge on any atom is -0.313 e. The molecule has 0 spiro atoms. The van der Waals surface area contributed by atoms with Crippen LogP contribution in [-0.4, -0.2) is 62.7 Å². The lowest BCUT2D eigenvalue weighted by atomic mass is 10.0. The summed E-state index contributed by atoms with van der Waals surface area (Å²) in [6.07, 6.45) is 8.24. The van der Waals surface area contributed by atoms with Gasteiger partial charge in [-0.15, -0.1) is 0 Å². The summed E-state index contributed by atoms with van der Waals surface area (Å²) in [5.74, 6) is 0. The molecule has 1 N–H and O–H groups in total. The maximum Gasteiger partial charge on any atom is 0.0246 e. The van der Waals surface area contributed by atoms with Crippen molar-refractivity contribution in [1.29, 1.82) is 0 Å². The zero-order chi connectivity index (χ0) is 13.4. The molecule has 0 heterocycles. The normalized spacial score (nSPS) is 25.7. The number of likely N-dealkylation sites (N-methyl/N-ethyl adjacent to an activating group) is 2. The molecule has 1 fully saturated rings. The summed E-state index contributed by atoms with van der Waals surface area (Å²) >= 11 is 0. The van der Waals surface area contributed by atoms with E-state index in [0.717, 1.165) is 12.6 Å². The Morgan fingerprint density at radius 1 is 1.00 bits per heavy atom. The van der Waals surface area contributed by atoms with Gasteiger partial charge in [0.1, 0.15) is 0 Å². The van der Waals surface area contributed by atoms with Gasteiger partial charge in [-0.05, 0) is 60.0 Å². The van der Waals surface area contributed by atoms with Crippen LogP contribution in [0.5, 0.6) is 0 Å². The van der Waals surface area contributed by atoms with Gasteiger partial charge in [0.25, 0.3) is 0 Å². The van der Waals surface area contributed by atoms with Gasteiger partial charge in [-0.1, -0.05) is 26.2 Å². The van der Waals surface area contributed by atoms with Gasteiger partial charge in [-0.3, -0.25) is 0 Å². The Kier molecular flexibility index (Phi) is 7.87. The molecule has 0 aromatic rings. The van der Waals surface area contributed by atoms with Crippen molar-refractivity contribution in [3.63, 3.8) is 0 Å². The molecule has 0 bridgehead atoms. The minimum atomic E-state index is 0.710. The molecule has 1 saturated carbocycles. The fourth-order valence-corrected chi connectivity index (χ4v) is 3.12. The molecular weight excluding hydrogens is 222 g/mol. The third-order valence-electron chi connectivity index (χ3n) is 4.13. The van der Waals surface area contributed by atoms with Gasteiger partial charge in [-0.25, -0.2) is 0 Å². The predicted molar refractivity (Wildman–Crippen MR) is 80.1 cm³/mol. The summed E-state index contributed by atoms with van der Waals surface area (Å²) in [5, 5.41) is 3.70. The third-order valence-corrected chi connectivity index (χ3v) is 4.13. The van der Waals surface area contributed by atoms with Gasteiger partial charge in [0.05, 0.1) is 0 Å². The molecule has 3 nitrogen and oxygen atoms in total. The van der Waals surface area contributed by atoms with Crippen LogP contribution in [0.25, 0.3) is 0 Å². The van der Waals surface area contributed by atoms with Crippen LogP contribution in [0.3, 0.4) is 0 Å². The van der Waals surface area contributed by atoms with Crippen LogP contribution in [-0.2, 0) is 0 Å². The standard InChI is InChI=1S/C15H33N3/c1-5-16-14-10-7-6-8-11-15(14)18(4)13-9-12-17(2)3/h14-16H,5-13H2,1-4H3. The molecule has 0 saturated heterocycles. The molecule has 1 rings (SSSR count). The molecule has 0 aromatic heterocycles. The van der Waals surface area contributed by atoms with Crippen LogP contribution < -0.4 is 5.32 Å². The smallest absolute Gasteiger partial charge is 0.0246 e. The second-order valence-corrected chi connectivity index (χ2v) is 6.01. The van der Waals surface area contributed by atoms with E-state index in [1.54, 1.807) is 0 Å². The first-order chi connectivity index (χ1) is 8.65. The molecule has 2 atom stereocenters. The Labute approximate surface area is 114 Å². The molecular formula is C15H33N3. The van der Waals surface area contributed by atoms with Crippen molar-refractivity contribution < 1.29 is 0 Å². The second-order valence-electron chi connectivity index (χ2n) is 6.01. The fraction of sp³-hybridized carbons (Fsp3) is 1.00. The molecule has 3 heteroatoms. The van der Waals surface area contributed by atoms with E-state index in [-0.39, 0.29) is 0 Å². The fourth-order valence-electron chi connectivity index (χ4n) is 3.12. The van der Waals surface area contributed by atoms with E-state index in [9.17, 15) is 0 Å². The maximum absolute atomic E-state index is 3.70. The highest BCUT2D eigenvalue weighted by Gasteiger charge is 2.25. The topological polar surface area (TPSA) is 18.5 Å². The highest BCUT2D eigenvalue weighted by Crippen LogP contribution is 2.22. The lowest BCUT2D eigenvalue weighted by Gasteiger charge is -2.34. The average molecular weight is 255 g/mol. The van der Waals surface area contributed by atoms with Crippen molar-refractivity contribution >= 4 is 0 Å². The number of nitrogens with one attached hydrogen (secondary N) is 1. The SMILES string of the molecule is CCNC1CCCCCC1N(C)CCCN(C)C. The van der Waals surface area contributed by atoms with Crippen molar-refractivity contribution in [2.24, 2.45) is 0 Å². The molecule has 0 aliphatic heterocycles. The number of hydrogen-bond acceptors (Lipinski definition) is 3. The molecule has 0 amide bonds. The van der Waals surface area contributed by atoms with Crippen LogP contribution in [0.2, 0.25) is 0 Å². The second kappa shape index (κ2) is 8.89. The first kappa shape index (κ1) is 15.9. The highest BCUT2D eigenvalue weighted by atomic mass is 15.2. The van der Waals surface area contributed by atoms with Crippen LogP contribution >= 0.6 is 0 Å². The van der Waals surface area contributed by atoms with Crippen LogP contribution in [0.15, 0.2) is 0 Å². The predicted octanol–water partition coefficient (Wildman–Crippen LogP) is 2.18. The Bertz CT molecular complexity index is 206. The van der Waals surface area contributed by atoms with E-state index in [1.165, 1.54) is 51.6 Å². The summed E-state index contributed by atoms with van der Waals surface area (Å²) in [6, 6.07) is 1.46. The molecule has 1 aliphatic carbocycles. The van der Waals surface area contributed by atoms with E-state index in [1.807, 2.05) is 0 Å². The number of hydrogen-bond donors (Lipinski definition) is 1. The molecule has 0 aromatic carbocycles.